The summed E-state index contributed by atoms with van der Waals surface area (Å²) in [6, 6.07) is 10.0. The Kier molecular flexibility index (Phi) is 22.7. The molecule has 0 radical (unpaired) electrons. The number of aromatic nitrogens is 3. The second-order valence-corrected chi connectivity index (χ2v) is 18.4. The first-order chi connectivity index (χ1) is 33.8. The van der Waals surface area contributed by atoms with Gasteiger partial charge in [0.2, 0.25) is 17.6 Å². The lowest BCUT2D eigenvalue weighted by molar-refractivity contribution is 0.111. The molecule has 0 aliphatic heterocycles. The van der Waals surface area contributed by atoms with Crippen LogP contribution in [0.4, 0.5) is 61.7 Å². The van der Waals surface area contributed by atoms with E-state index in [4.69, 9.17) is 46.3 Å². The van der Waals surface area contributed by atoms with Crippen LogP contribution in [-0.4, -0.2) is 112 Å². The van der Waals surface area contributed by atoms with E-state index in [1.165, 1.54) is 24.9 Å². The third kappa shape index (κ3) is 16.1. The molecule has 5 rings (SSSR count). The highest BCUT2D eigenvalue weighted by molar-refractivity contribution is 7.99. The Morgan fingerprint density at radius 2 is 1.24 bits per heavy atom. The van der Waals surface area contributed by atoms with Crippen molar-refractivity contribution in [1.29, 1.82) is 5.26 Å². The van der Waals surface area contributed by atoms with E-state index in [1.54, 1.807) is 31.4 Å². The summed E-state index contributed by atoms with van der Waals surface area (Å²) in [6.07, 6.45) is 0.858. The van der Waals surface area contributed by atoms with Crippen LogP contribution in [-0.2, 0) is 31.3 Å². The second kappa shape index (κ2) is 27.8. The van der Waals surface area contributed by atoms with E-state index in [0.29, 0.717) is 93.8 Å². The first kappa shape index (κ1) is 58.0. The molecule has 32 heteroatoms. The van der Waals surface area contributed by atoms with Gasteiger partial charge in [0.25, 0.3) is 10.1 Å². The molecular formula is C39H41N13O13S6. The summed E-state index contributed by atoms with van der Waals surface area (Å²) in [6.45, 7) is 20.0. The molecule has 3 aromatic heterocycles. The molecule has 0 saturated carbocycles. The Bertz CT molecular complexity index is 3200. The maximum Gasteiger partial charge on any atom is 0.425 e. The van der Waals surface area contributed by atoms with E-state index in [9.17, 15) is 27.8 Å². The van der Waals surface area contributed by atoms with Crippen molar-refractivity contribution in [2.75, 3.05) is 66.6 Å². The lowest BCUT2D eigenvalue weighted by Crippen LogP contribution is -2.22. The van der Waals surface area contributed by atoms with Gasteiger partial charge in [-0.3, -0.25) is 14.1 Å². The molecule has 0 bridgehead atoms. The molecule has 0 amide bonds. The fourth-order valence-corrected chi connectivity index (χ4v) is 9.34. The van der Waals surface area contributed by atoms with Crippen LogP contribution in [0.1, 0.15) is 59.5 Å². The molecule has 0 aliphatic carbocycles. The molecule has 26 nitrogen and oxygen atoms in total. The Morgan fingerprint density at radius 1 is 0.775 bits per heavy atom. The number of nitrogens with one attached hydrogen (secondary N) is 2. The first-order valence-electron chi connectivity index (χ1n) is 20.0. The highest BCUT2D eigenvalue weighted by Gasteiger charge is 2.28. The number of anilines is 6. The predicted molar refractivity (Wildman–Crippen MR) is 264 cm³/mol. The maximum atomic E-state index is 12.1. The number of thiophene rings is 2. The molecular weight excluding hydrogens is 1050 g/mol. The van der Waals surface area contributed by atoms with Gasteiger partial charge in [-0.05, 0) is 51.6 Å². The van der Waals surface area contributed by atoms with Crippen LogP contribution >= 0.6 is 34.4 Å². The van der Waals surface area contributed by atoms with Crippen LogP contribution in [0.15, 0.2) is 60.8 Å². The van der Waals surface area contributed by atoms with Crippen molar-refractivity contribution in [2.24, 2.45) is 20.5 Å². The minimum Gasteiger partial charge on any atom is -0.494 e. The van der Waals surface area contributed by atoms with Crippen molar-refractivity contribution in [3.63, 3.8) is 0 Å². The molecule has 71 heavy (non-hydrogen) atoms. The van der Waals surface area contributed by atoms with Crippen LogP contribution in [0.5, 0.6) is 11.5 Å². The highest BCUT2D eigenvalue weighted by atomic mass is 32.2. The molecule has 5 aromatic rings. The van der Waals surface area contributed by atoms with Crippen LogP contribution in [0, 0.1) is 17.9 Å². The number of hydrogen-bond donors (Lipinski definition) is 3. The van der Waals surface area contributed by atoms with E-state index >= 15 is 0 Å². The molecule has 0 aliphatic rings. The molecule has 3 heterocycles. The molecule has 0 unspecified atom stereocenters. The molecule has 0 saturated heterocycles. The van der Waals surface area contributed by atoms with Gasteiger partial charge in [0.15, 0.2) is 22.7 Å². The van der Waals surface area contributed by atoms with Crippen molar-refractivity contribution in [1.82, 2.24) is 15.0 Å². The summed E-state index contributed by atoms with van der Waals surface area (Å²) in [5.74, 6) is 1.71. The smallest absolute Gasteiger partial charge is 0.425 e. The Balaban J connectivity index is 0.00000154. The van der Waals surface area contributed by atoms with E-state index in [1.807, 2.05) is 45.6 Å². The summed E-state index contributed by atoms with van der Waals surface area (Å²) in [4.78, 5) is 44.0. The molecule has 0 spiro atoms. The zero-order valence-electron chi connectivity index (χ0n) is 38.3. The largest absolute Gasteiger partial charge is 0.494 e. The molecule has 3 N–H and O–H groups in total. The Morgan fingerprint density at radius 3 is 1.61 bits per heavy atom. The number of nitrogens with zero attached hydrogens (tertiary/aromatic N) is 11. The molecule has 0 fully saturated rings. The van der Waals surface area contributed by atoms with Gasteiger partial charge in [-0.2, -0.15) is 33.7 Å². The van der Waals surface area contributed by atoms with Gasteiger partial charge in [0, 0.05) is 38.3 Å². The number of carbonyl (C=O) groups excluding carboxylic acids is 2. The number of azo groups is 2. The van der Waals surface area contributed by atoms with Gasteiger partial charge in [0.05, 0.1) is 53.3 Å². The van der Waals surface area contributed by atoms with E-state index in [0.717, 1.165) is 17.0 Å². The summed E-state index contributed by atoms with van der Waals surface area (Å²) >= 11 is 2.95. The predicted octanol–water partition coefficient (Wildman–Crippen LogP) is 8.42. The third-order valence-corrected chi connectivity index (χ3v) is 12.7. The summed E-state index contributed by atoms with van der Waals surface area (Å²) in [5, 5.41) is 34.1. The number of aldehydes is 2. The van der Waals surface area contributed by atoms with Crippen molar-refractivity contribution in [2.45, 2.75) is 44.7 Å². The standard InChI is InChI=1S/C39H41N13O7S4.2O3S/c1-9-51(10-2)29-15-24(26(17-31(29)58-7)47-49-35-23(19-40)34(63(55,56)57)33(21-54)62-35)42-37-44-38(46-39(45-37)60-13-5)43-25-16-30(52(11-3)12-4)32(59-8)18-27(25)48-50-36-28(41-6)14-22(20-53)61-36;2*1-4(2)3/h14-18,20-21H,9-13H2,1-5,7-8H3,(H,55,56,57)(H2,42,43,44,45,46);;. The number of benzene rings is 2. The number of ether oxygens (including phenoxy) is 2. The number of rotatable bonds is 21. The SMILES string of the molecule is O=S(=O)=O.O=S(=O)=O.[C-]#[N+]c1cc(C=O)sc1N=Nc1cc(OC)c(N(CC)CC)cc1Nc1nc(Nc2cc(N(CC)CC)c(OC)cc2N=Nc2sc(C=O)c(S(=O)(=O)O)c2C#N)nc(SCC)n1. The monoisotopic (exact) mass is 1090 g/mol. The fourth-order valence-electron chi connectivity index (χ4n) is 6.06. The third-order valence-electron chi connectivity index (χ3n) is 8.98. The van der Waals surface area contributed by atoms with Gasteiger partial charge in [-0.15, -0.1) is 63.3 Å². The van der Waals surface area contributed by atoms with Gasteiger partial charge >= 0.3 is 21.2 Å². The summed E-state index contributed by atoms with van der Waals surface area (Å²) in [5.41, 5.74) is 2.25. The number of methoxy groups -OCH3 is 2. The fraction of sp³-hybridized carbons (Fsp3) is 0.308. The summed E-state index contributed by atoms with van der Waals surface area (Å²) < 4.78 is 96.2. The summed E-state index contributed by atoms with van der Waals surface area (Å²) in [7, 11) is -8.15. The van der Waals surface area contributed by atoms with Crippen LogP contribution < -0.4 is 29.9 Å². The maximum absolute atomic E-state index is 12.1. The van der Waals surface area contributed by atoms with Crippen LogP contribution in [0.3, 0.4) is 0 Å². The van der Waals surface area contributed by atoms with Gasteiger partial charge in [-0.1, -0.05) is 18.7 Å². The van der Waals surface area contributed by atoms with Crippen molar-refractivity contribution < 1.29 is 57.3 Å². The zero-order valence-corrected chi connectivity index (χ0v) is 43.2. The Hall–Kier alpha value is -7.33. The van der Waals surface area contributed by atoms with Crippen LogP contribution in [0.2, 0.25) is 0 Å². The topological polar surface area (TPSA) is 356 Å². The average molecular weight is 1090 g/mol. The average Bonchev–Trinajstić information content (AvgIpc) is 3.92. The second-order valence-electron chi connectivity index (χ2n) is 12.9. The minimum absolute atomic E-state index is 0.0728. The highest BCUT2D eigenvalue weighted by Crippen LogP contribution is 2.45. The van der Waals surface area contributed by atoms with E-state index < -0.39 is 46.7 Å². The van der Waals surface area contributed by atoms with Crippen molar-refractivity contribution in [3.05, 3.63) is 57.1 Å². The van der Waals surface area contributed by atoms with Gasteiger partial charge < -0.3 is 29.9 Å². The number of nitriles is 1. The minimum atomic E-state index is -4.96. The quantitative estimate of drug-likeness (QED) is 0.0204. The number of thioether (sulfide) groups is 1. The molecule has 2 aromatic carbocycles. The van der Waals surface area contributed by atoms with Gasteiger partial charge in [0.1, 0.15) is 44.4 Å². The van der Waals surface area contributed by atoms with Crippen molar-refractivity contribution >= 4 is 140 Å². The van der Waals surface area contributed by atoms with E-state index in [2.05, 4.69) is 50.8 Å². The molecule has 376 valence electrons. The number of hydrogen-bond acceptors (Lipinski definition) is 27. The Labute approximate surface area is 421 Å². The van der Waals surface area contributed by atoms with Crippen molar-refractivity contribution in [3.8, 4) is 17.6 Å². The zero-order chi connectivity index (χ0) is 53.0. The normalized spacial score (nSPS) is 10.7. The van der Waals surface area contributed by atoms with Gasteiger partial charge in [-0.25, -0.2) is 4.85 Å². The number of carbonyl (C=O) groups is 2. The molecule has 0 atom stereocenters. The lowest BCUT2D eigenvalue weighted by Gasteiger charge is -2.25. The van der Waals surface area contributed by atoms with Crippen LogP contribution in [0.25, 0.3) is 4.85 Å². The lowest BCUT2D eigenvalue weighted by atomic mass is 10.2. The first-order valence-corrected chi connectivity index (χ1v) is 26.1. The van der Waals surface area contributed by atoms with E-state index in [-0.39, 0.29) is 39.6 Å².